The molecule has 5 nitrogen and oxygen atoms in total. The van der Waals surface area contributed by atoms with Crippen LogP contribution in [0.2, 0.25) is 0 Å². The van der Waals surface area contributed by atoms with Gasteiger partial charge in [0.2, 0.25) is 0 Å². The predicted octanol–water partition coefficient (Wildman–Crippen LogP) is 6.49. The lowest BCUT2D eigenvalue weighted by Crippen LogP contribution is -2.50. The van der Waals surface area contributed by atoms with Crippen molar-refractivity contribution < 1.29 is 14.0 Å². The largest absolute Gasteiger partial charge is 0.335 e. The van der Waals surface area contributed by atoms with E-state index < -0.39 is 0 Å². The van der Waals surface area contributed by atoms with E-state index in [4.69, 9.17) is 0 Å². The van der Waals surface area contributed by atoms with Crippen LogP contribution in [0, 0.1) is 12.7 Å². The lowest BCUT2D eigenvalue weighted by molar-refractivity contribution is 0.0535. The zero-order valence-corrected chi connectivity index (χ0v) is 22.9. The molecule has 200 valence electrons. The Bertz CT molecular complexity index is 1480. The summed E-state index contributed by atoms with van der Waals surface area (Å²) in [5, 5.41) is 0. The quantitative estimate of drug-likeness (QED) is 0.307. The highest BCUT2D eigenvalue weighted by atomic mass is 19.1. The molecule has 6 heteroatoms. The van der Waals surface area contributed by atoms with Crippen molar-refractivity contribution in [2.75, 3.05) is 26.2 Å². The molecule has 0 bridgehead atoms. The maximum Gasteiger partial charge on any atom is 0.255 e. The van der Waals surface area contributed by atoms with Crippen molar-refractivity contribution in [3.8, 4) is 16.9 Å². The van der Waals surface area contributed by atoms with Gasteiger partial charge in [0.1, 0.15) is 5.82 Å². The average Bonchev–Trinajstić information content (AvgIpc) is 3.29. The first-order valence-corrected chi connectivity index (χ1v) is 13.4. The van der Waals surface area contributed by atoms with E-state index in [1.807, 2.05) is 82.0 Å². The van der Waals surface area contributed by atoms with Gasteiger partial charge in [0, 0.05) is 43.1 Å². The number of aromatic nitrogens is 1. The molecule has 4 aromatic rings. The molecule has 0 saturated carbocycles. The van der Waals surface area contributed by atoms with Crippen LogP contribution in [0.5, 0.6) is 0 Å². The number of piperazine rings is 1. The fraction of sp³-hybridized carbons (Fsp3) is 0.273. The summed E-state index contributed by atoms with van der Waals surface area (Å²) in [6.07, 6.45) is 0. The predicted molar refractivity (Wildman–Crippen MR) is 153 cm³/mol. The molecule has 39 heavy (non-hydrogen) atoms. The normalized spacial score (nSPS) is 14.0. The Morgan fingerprint density at radius 3 is 1.87 bits per heavy atom. The minimum absolute atomic E-state index is 0.00688. The highest BCUT2D eigenvalue weighted by molar-refractivity contribution is 5.98. The fourth-order valence-corrected chi connectivity index (χ4v) is 5.14. The minimum atomic E-state index is -0.304. The third kappa shape index (κ3) is 5.37. The standard InChI is InChI=1S/C33H34FN3O2/c1-23-29(22-30(24-12-16-27(34)17-13-24)37(23)28-8-6-5-7-9-28)32(39)36-20-18-35(19-21-36)31(38)25-10-14-26(15-11-25)33(2,3)4/h5-17,22H,18-21H2,1-4H3. The second-order valence-corrected chi connectivity index (χ2v) is 11.1. The Balaban J connectivity index is 1.35. The van der Waals surface area contributed by atoms with Gasteiger partial charge in [-0.15, -0.1) is 0 Å². The second-order valence-electron chi connectivity index (χ2n) is 11.1. The summed E-state index contributed by atoms with van der Waals surface area (Å²) in [7, 11) is 0. The summed E-state index contributed by atoms with van der Waals surface area (Å²) >= 11 is 0. The molecule has 5 rings (SSSR count). The van der Waals surface area contributed by atoms with Crippen molar-refractivity contribution in [3.05, 3.63) is 113 Å². The zero-order valence-electron chi connectivity index (χ0n) is 22.9. The number of halogens is 1. The summed E-state index contributed by atoms with van der Waals surface area (Å²) in [6, 6.07) is 25.9. The number of para-hydroxylation sites is 1. The molecule has 0 unspecified atom stereocenters. The number of nitrogens with zero attached hydrogens (tertiary/aromatic N) is 3. The van der Waals surface area contributed by atoms with Crippen molar-refractivity contribution >= 4 is 11.8 Å². The van der Waals surface area contributed by atoms with E-state index in [0.29, 0.717) is 37.3 Å². The molecular formula is C33H34FN3O2. The molecule has 1 fully saturated rings. The van der Waals surface area contributed by atoms with E-state index in [0.717, 1.165) is 22.6 Å². The highest BCUT2D eigenvalue weighted by Gasteiger charge is 2.28. The fourth-order valence-electron chi connectivity index (χ4n) is 5.14. The monoisotopic (exact) mass is 523 g/mol. The van der Waals surface area contributed by atoms with Crippen LogP contribution in [0.1, 0.15) is 52.7 Å². The number of carbonyl (C=O) groups is 2. The number of hydrogen-bond acceptors (Lipinski definition) is 2. The smallest absolute Gasteiger partial charge is 0.255 e. The number of benzene rings is 3. The Labute approximate surface area is 229 Å². The van der Waals surface area contributed by atoms with E-state index in [9.17, 15) is 14.0 Å². The van der Waals surface area contributed by atoms with Crippen LogP contribution in [0.3, 0.4) is 0 Å². The molecule has 2 amide bonds. The van der Waals surface area contributed by atoms with Crippen molar-refractivity contribution in [2.24, 2.45) is 0 Å². The SMILES string of the molecule is Cc1c(C(=O)N2CCN(C(=O)c3ccc(C(C)(C)C)cc3)CC2)cc(-c2ccc(F)cc2)n1-c1ccccc1. The summed E-state index contributed by atoms with van der Waals surface area (Å²) in [4.78, 5) is 30.5. The van der Waals surface area contributed by atoms with E-state index in [1.165, 1.54) is 17.7 Å². The molecule has 1 aliphatic rings. The van der Waals surface area contributed by atoms with E-state index in [2.05, 4.69) is 20.8 Å². The molecule has 0 radical (unpaired) electrons. The van der Waals surface area contributed by atoms with Crippen LogP contribution in [-0.4, -0.2) is 52.4 Å². The lowest BCUT2D eigenvalue weighted by atomic mass is 9.86. The molecule has 0 aliphatic carbocycles. The summed E-state index contributed by atoms with van der Waals surface area (Å²) in [5.74, 6) is -0.373. The zero-order chi connectivity index (χ0) is 27.7. The van der Waals surface area contributed by atoms with Gasteiger partial charge in [-0.25, -0.2) is 4.39 Å². The number of amides is 2. The first-order valence-electron chi connectivity index (χ1n) is 13.4. The molecule has 3 aromatic carbocycles. The van der Waals surface area contributed by atoms with Gasteiger partial charge in [-0.2, -0.15) is 0 Å². The van der Waals surface area contributed by atoms with Crippen LogP contribution in [-0.2, 0) is 5.41 Å². The van der Waals surface area contributed by atoms with E-state index >= 15 is 0 Å². The molecule has 1 aromatic heterocycles. The van der Waals surface area contributed by atoms with E-state index in [-0.39, 0.29) is 23.0 Å². The first-order chi connectivity index (χ1) is 18.6. The minimum Gasteiger partial charge on any atom is -0.335 e. The first kappa shape index (κ1) is 26.4. The highest BCUT2D eigenvalue weighted by Crippen LogP contribution is 2.31. The number of hydrogen-bond donors (Lipinski definition) is 0. The third-order valence-electron chi connectivity index (χ3n) is 7.48. The Morgan fingerprint density at radius 2 is 1.31 bits per heavy atom. The van der Waals surface area contributed by atoms with Crippen molar-refractivity contribution in [1.82, 2.24) is 14.4 Å². The van der Waals surface area contributed by atoms with Gasteiger partial charge in [-0.05, 0) is 78.1 Å². The average molecular weight is 524 g/mol. The molecule has 0 N–H and O–H groups in total. The Morgan fingerprint density at radius 1 is 0.744 bits per heavy atom. The van der Waals surface area contributed by atoms with Gasteiger partial charge in [0.15, 0.2) is 0 Å². The van der Waals surface area contributed by atoms with Crippen molar-refractivity contribution in [2.45, 2.75) is 33.1 Å². The third-order valence-corrected chi connectivity index (χ3v) is 7.48. The molecule has 2 heterocycles. The molecule has 0 atom stereocenters. The Kier molecular flexibility index (Phi) is 7.13. The van der Waals surface area contributed by atoms with Crippen molar-refractivity contribution in [1.29, 1.82) is 0 Å². The van der Waals surface area contributed by atoms with Crippen LogP contribution in [0.4, 0.5) is 4.39 Å². The van der Waals surface area contributed by atoms with E-state index in [1.54, 1.807) is 12.1 Å². The molecule has 1 saturated heterocycles. The maximum absolute atomic E-state index is 13.7. The van der Waals surface area contributed by atoms with Gasteiger partial charge in [0.05, 0.1) is 11.3 Å². The maximum atomic E-state index is 13.7. The summed E-state index contributed by atoms with van der Waals surface area (Å²) in [6.45, 7) is 10.3. The van der Waals surface area contributed by atoms with Crippen LogP contribution >= 0.6 is 0 Å². The van der Waals surface area contributed by atoms with Crippen LogP contribution < -0.4 is 0 Å². The summed E-state index contributed by atoms with van der Waals surface area (Å²) < 4.78 is 15.7. The van der Waals surface area contributed by atoms with Gasteiger partial charge in [-0.3, -0.25) is 9.59 Å². The number of rotatable bonds is 4. The van der Waals surface area contributed by atoms with Crippen molar-refractivity contribution in [3.63, 3.8) is 0 Å². The van der Waals surface area contributed by atoms with Gasteiger partial charge >= 0.3 is 0 Å². The molecule has 0 spiro atoms. The molecular weight excluding hydrogens is 489 g/mol. The topological polar surface area (TPSA) is 45.6 Å². The van der Waals surface area contributed by atoms with Gasteiger partial charge in [0.25, 0.3) is 11.8 Å². The van der Waals surface area contributed by atoms with Gasteiger partial charge in [-0.1, -0.05) is 51.1 Å². The van der Waals surface area contributed by atoms with Gasteiger partial charge < -0.3 is 14.4 Å². The van der Waals surface area contributed by atoms with Crippen LogP contribution in [0.15, 0.2) is 84.9 Å². The lowest BCUT2D eigenvalue weighted by Gasteiger charge is -2.35. The summed E-state index contributed by atoms with van der Waals surface area (Å²) in [5.41, 5.74) is 5.90. The second kappa shape index (κ2) is 10.5. The molecule has 1 aliphatic heterocycles. The van der Waals surface area contributed by atoms with Crippen LogP contribution in [0.25, 0.3) is 16.9 Å². The Hall–Kier alpha value is -4.19. The number of carbonyl (C=O) groups excluding carboxylic acids is 2.